The van der Waals surface area contributed by atoms with Gasteiger partial charge in [0.05, 0.1) is 18.2 Å². The second kappa shape index (κ2) is 8.35. The lowest BCUT2D eigenvalue weighted by Gasteiger charge is -2.23. The Balaban J connectivity index is 1.92. The molecule has 2 heterocycles. The summed E-state index contributed by atoms with van der Waals surface area (Å²) >= 11 is 1.26. The number of amides is 1. The molecule has 1 saturated heterocycles. The van der Waals surface area contributed by atoms with Crippen LogP contribution in [0.3, 0.4) is 0 Å². The number of aliphatic hydroxyl groups is 1. The lowest BCUT2D eigenvalue weighted by Crippen LogP contribution is -2.29. The Morgan fingerprint density at radius 1 is 1.16 bits per heavy atom. The molecule has 0 spiro atoms. The minimum absolute atomic E-state index is 0.0538. The van der Waals surface area contributed by atoms with Crippen molar-refractivity contribution in [1.82, 2.24) is 4.98 Å². The van der Waals surface area contributed by atoms with Gasteiger partial charge in [-0.1, -0.05) is 29.8 Å². The summed E-state index contributed by atoms with van der Waals surface area (Å²) in [7, 11) is 0. The van der Waals surface area contributed by atoms with E-state index in [0.717, 1.165) is 11.1 Å². The summed E-state index contributed by atoms with van der Waals surface area (Å²) in [5.41, 5.74) is 3.03. The van der Waals surface area contributed by atoms with Crippen molar-refractivity contribution in [2.45, 2.75) is 26.8 Å². The number of benzene rings is 2. The van der Waals surface area contributed by atoms with E-state index in [1.807, 2.05) is 39.0 Å². The van der Waals surface area contributed by atoms with Gasteiger partial charge in [-0.25, -0.2) is 4.98 Å². The van der Waals surface area contributed by atoms with E-state index < -0.39 is 17.7 Å². The van der Waals surface area contributed by atoms with Crippen molar-refractivity contribution in [1.29, 1.82) is 0 Å². The van der Waals surface area contributed by atoms with E-state index in [0.29, 0.717) is 28.6 Å². The van der Waals surface area contributed by atoms with Gasteiger partial charge in [0, 0.05) is 17.1 Å². The van der Waals surface area contributed by atoms with E-state index in [-0.39, 0.29) is 11.3 Å². The highest BCUT2D eigenvalue weighted by Crippen LogP contribution is 2.43. The maximum absolute atomic E-state index is 13.1. The van der Waals surface area contributed by atoms with Crippen LogP contribution in [0.15, 0.2) is 59.6 Å². The first kappa shape index (κ1) is 20.8. The highest BCUT2D eigenvalue weighted by Gasteiger charge is 2.48. The number of anilines is 1. The van der Waals surface area contributed by atoms with Gasteiger partial charge in [-0.05, 0) is 50.1 Å². The maximum Gasteiger partial charge on any atom is 0.301 e. The number of carbonyl (C=O) groups excluding carboxylic acids is 2. The fourth-order valence-corrected chi connectivity index (χ4v) is 4.40. The fourth-order valence-electron chi connectivity index (χ4n) is 3.73. The van der Waals surface area contributed by atoms with E-state index >= 15 is 0 Å². The first-order valence-electron chi connectivity index (χ1n) is 9.93. The topological polar surface area (TPSA) is 79.7 Å². The Kier molecular flexibility index (Phi) is 5.61. The molecule has 7 heteroatoms. The lowest BCUT2D eigenvalue weighted by molar-refractivity contribution is -0.132. The number of hydrogen-bond donors (Lipinski definition) is 1. The Labute approximate surface area is 184 Å². The SMILES string of the molecule is CCOc1ccc(C2/C(=C(\O)c3cc(C)ccc3C)C(=O)C(=O)N2c2nccs2)cc1. The van der Waals surface area contributed by atoms with Crippen molar-refractivity contribution in [2.24, 2.45) is 0 Å². The van der Waals surface area contributed by atoms with Crippen LogP contribution in [0.2, 0.25) is 0 Å². The molecule has 2 aromatic carbocycles. The molecule has 158 valence electrons. The molecule has 1 aliphatic rings. The second-order valence-corrected chi connectivity index (χ2v) is 8.18. The molecule has 0 saturated carbocycles. The van der Waals surface area contributed by atoms with E-state index in [4.69, 9.17) is 4.74 Å². The number of aromatic nitrogens is 1. The van der Waals surface area contributed by atoms with Gasteiger partial charge in [0.2, 0.25) is 0 Å². The van der Waals surface area contributed by atoms with Crippen LogP contribution in [0, 0.1) is 13.8 Å². The average Bonchev–Trinajstić information content (AvgIpc) is 3.37. The van der Waals surface area contributed by atoms with Gasteiger partial charge in [0.25, 0.3) is 5.78 Å². The smallest absolute Gasteiger partial charge is 0.301 e. The molecule has 1 atom stereocenters. The summed E-state index contributed by atoms with van der Waals surface area (Å²) < 4.78 is 5.52. The predicted octanol–water partition coefficient (Wildman–Crippen LogP) is 4.78. The summed E-state index contributed by atoms with van der Waals surface area (Å²) in [5, 5.41) is 13.4. The number of ketones is 1. The van der Waals surface area contributed by atoms with E-state index in [2.05, 4.69) is 4.98 Å². The number of nitrogens with zero attached hydrogens (tertiary/aromatic N) is 2. The number of rotatable bonds is 5. The monoisotopic (exact) mass is 434 g/mol. The van der Waals surface area contributed by atoms with Crippen LogP contribution in [0.5, 0.6) is 5.75 Å². The Morgan fingerprint density at radius 2 is 1.90 bits per heavy atom. The van der Waals surface area contributed by atoms with E-state index in [9.17, 15) is 14.7 Å². The zero-order valence-electron chi connectivity index (χ0n) is 17.5. The van der Waals surface area contributed by atoms with Crippen LogP contribution in [-0.2, 0) is 9.59 Å². The maximum atomic E-state index is 13.1. The number of aryl methyl sites for hydroxylation is 2. The zero-order valence-corrected chi connectivity index (χ0v) is 18.3. The zero-order chi connectivity index (χ0) is 22.1. The summed E-state index contributed by atoms with van der Waals surface area (Å²) in [6.45, 7) is 6.20. The first-order chi connectivity index (χ1) is 14.9. The molecule has 1 amide bonds. The van der Waals surface area contributed by atoms with Crippen LogP contribution in [-0.4, -0.2) is 28.4 Å². The quantitative estimate of drug-likeness (QED) is 0.355. The molecule has 1 aromatic heterocycles. The predicted molar refractivity (Wildman–Crippen MR) is 120 cm³/mol. The van der Waals surface area contributed by atoms with Crippen LogP contribution in [0.1, 0.15) is 35.2 Å². The standard InChI is InChI=1S/C24H22N2O4S/c1-4-30-17-9-7-16(8-10-17)20-19(21(27)18-13-14(2)5-6-15(18)3)22(28)23(29)26(20)24-25-11-12-31-24/h5-13,20,27H,4H2,1-3H3/b21-19+. The molecular weight excluding hydrogens is 412 g/mol. The minimum atomic E-state index is -0.790. The molecule has 0 radical (unpaired) electrons. The van der Waals surface area contributed by atoms with Gasteiger partial charge >= 0.3 is 5.91 Å². The highest BCUT2D eigenvalue weighted by atomic mass is 32.1. The second-order valence-electron chi connectivity index (χ2n) is 7.30. The van der Waals surface area contributed by atoms with Gasteiger partial charge in [0.1, 0.15) is 11.5 Å². The molecule has 4 rings (SSSR count). The van der Waals surface area contributed by atoms with Gasteiger partial charge in [-0.3, -0.25) is 14.5 Å². The number of aliphatic hydroxyl groups excluding tert-OH is 1. The summed E-state index contributed by atoms with van der Waals surface area (Å²) in [5.74, 6) is -0.933. The number of ether oxygens (including phenoxy) is 1. The average molecular weight is 435 g/mol. The molecule has 1 fully saturated rings. The van der Waals surface area contributed by atoms with E-state index in [1.165, 1.54) is 16.2 Å². The highest BCUT2D eigenvalue weighted by molar-refractivity contribution is 7.14. The fraction of sp³-hybridized carbons (Fsp3) is 0.208. The number of carbonyl (C=O) groups is 2. The summed E-state index contributed by atoms with van der Waals surface area (Å²) in [4.78, 5) is 31.8. The lowest BCUT2D eigenvalue weighted by atomic mass is 9.93. The minimum Gasteiger partial charge on any atom is -0.507 e. The number of hydrogen-bond acceptors (Lipinski definition) is 6. The van der Waals surface area contributed by atoms with Crippen molar-refractivity contribution in [3.8, 4) is 5.75 Å². The van der Waals surface area contributed by atoms with Crippen LogP contribution < -0.4 is 9.64 Å². The third-order valence-corrected chi connectivity index (χ3v) is 6.00. The summed E-state index contributed by atoms with van der Waals surface area (Å²) in [6, 6.07) is 12.0. The van der Waals surface area contributed by atoms with Crippen LogP contribution >= 0.6 is 11.3 Å². The van der Waals surface area contributed by atoms with E-state index in [1.54, 1.807) is 35.8 Å². The first-order valence-corrected chi connectivity index (χ1v) is 10.8. The molecule has 0 aliphatic carbocycles. The Bertz CT molecular complexity index is 1170. The number of thiazole rings is 1. The van der Waals surface area contributed by atoms with Crippen LogP contribution in [0.4, 0.5) is 5.13 Å². The molecular formula is C24H22N2O4S. The van der Waals surface area contributed by atoms with Crippen molar-refractivity contribution in [3.05, 3.63) is 81.9 Å². The third kappa shape index (κ3) is 3.72. The van der Waals surface area contributed by atoms with Gasteiger partial charge in [-0.15, -0.1) is 11.3 Å². The van der Waals surface area contributed by atoms with Crippen LogP contribution in [0.25, 0.3) is 5.76 Å². The third-order valence-electron chi connectivity index (χ3n) is 5.22. The van der Waals surface area contributed by atoms with Gasteiger partial charge in [-0.2, -0.15) is 0 Å². The van der Waals surface area contributed by atoms with Crippen molar-refractivity contribution < 1.29 is 19.4 Å². The molecule has 1 aliphatic heterocycles. The largest absolute Gasteiger partial charge is 0.507 e. The summed E-state index contributed by atoms with van der Waals surface area (Å²) in [6.07, 6.45) is 1.58. The Morgan fingerprint density at radius 3 is 2.55 bits per heavy atom. The Hall–Kier alpha value is -3.45. The van der Waals surface area contributed by atoms with Crippen molar-refractivity contribution in [2.75, 3.05) is 11.5 Å². The molecule has 3 aromatic rings. The van der Waals surface area contributed by atoms with Gasteiger partial charge in [0.15, 0.2) is 5.13 Å². The molecule has 31 heavy (non-hydrogen) atoms. The van der Waals surface area contributed by atoms with Gasteiger partial charge < -0.3 is 9.84 Å². The normalized spacial score (nSPS) is 17.9. The van der Waals surface area contributed by atoms with Crippen molar-refractivity contribution >= 4 is 33.9 Å². The molecule has 6 nitrogen and oxygen atoms in total. The molecule has 1 N–H and O–H groups in total. The number of Topliss-reactive ketones (excluding diaryl/α,β-unsaturated/α-hetero) is 1. The molecule has 0 bridgehead atoms. The molecule has 1 unspecified atom stereocenters. The van der Waals surface area contributed by atoms with Crippen molar-refractivity contribution in [3.63, 3.8) is 0 Å².